The average molecular weight is 735 g/mol. The van der Waals surface area contributed by atoms with Gasteiger partial charge in [0, 0.05) is 49.4 Å². The highest BCUT2D eigenvalue weighted by molar-refractivity contribution is 6.73. The molecule has 1 aliphatic carbocycles. The van der Waals surface area contributed by atoms with Crippen LogP contribution in [0.5, 0.6) is 0 Å². The highest BCUT2D eigenvalue weighted by atomic mass is 16.3. The van der Waals surface area contributed by atoms with Crippen LogP contribution in [0, 0.1) is 0 Å². The standard InChI is InChI=1S/C52H41BN3O/c1-51(2)26-27-52(3,4)40-30-44-38(28-39(40)51)48-50(57-44)53-46-37(35-23-15-22-34-33-20-11-13-24-41(33)54-47(34)35)29-43(45-36-21-12-14-25-42(36)56(48)49(45)46)55(31-16-7-5-8-17-31)32-18-9-6-10-19-32/h5-25,28-30,54H,26-27H2,1-4H3. The molecule has 0 unspecified atom stereocenters. The van der Waals surface area contributed by atoms with E-state index < -0.39 is 0 Å². The Morgan fingerprint density at radius 1 is 0.614 bits per heavy atom. The number of fused-ring (bicyclic) bond motifs is 11. The van der Waals surface area contributed by atoms with Crippen molar-refractivity contribution >= 4 is 90.0 Å². The van der Waals surface area contributed by atoms with Crippen LogP contribution in [0.25, 0.3) is 71.4 Å². The van der Waals surface area contributed by atoms with Gasteiger partial charge in [-0.15, -0.1) is 0 Å². The number of aromatic nitrogens is 2. The van der Waals surface area contributed by atoms with Crippen LogP contribution in [0.4, 0.5) is 17.1 Å². The zero-order chi connectivity index (χ0) is 38.2. The number of nitrogens with one attached hydrogen (secondary N) is 1. The number of hydrogen-bond donors (Lipinski definition) is 1. The zero-order valence-corrected chi connectivity index (χ0v) is 32.7. The third-order valence-corrected chi connectivity index (χ3v) is 13.2. The Bertz CT molecular complexity index is 3230. The van der Waals surface area contributed by atoms with Crippen LogP contribution in [-0.4, -0.2) is 16.8 Å². The maximum Gasteiger partial charge on any atom is 0.247 e. The number of H-pyrrole nitrogens is 1. The molecule has 273 valence electrons. The predicted molar refractivity (Wildman–Crippen MR) is 240 cm³/mol. The van der Waals surface area contributed by atoms with Gasteiger partial charge >= 0.3 is 0 Å². The molecule has 0 saturated carbocycles. The van der Waals surface area contributed by atoms with Gasteiger partial charge in [0.05, 0.1) is 33.6 Å². The number of nitrogens with zero attached hydrogens (tertiary/aromatic N) is 2. The summed E-state index contributed by atoms with van der Waals surface area (Å²) in [5.41, 5.74) is 17.4. The molecule has 0 saturated heterocycles. The van der Waals surface area contributed by atoms with E-state index in [1.807, 2.05) is 0 Å². The fourth-order valence-electron chi connectivity index (χ4n) is 10.2. The topological polar surface area (TPSA) is 37.1 Å². The van der Waals surface area contributed by atoms with Crippen LogP contribution in [0.15, 0.2) is 150 Å². The molecular formula is C52H41BN3O. The van der Waals surface area contributed by atoms with Gasteiger partial charge in [0.2, 0.25) is 7.28 Å². The fourth-order valence-corrected chi connectivity index (χ4v) is 10.2. The van der Waals surface area contributed by atoms with E-state index in [-0.39, 0.29) is 10.8 Å². The number of benzene rings is 7. The van der Waals surface area contributed by atoms with E-state index in [1.165, 1.54) is 49.1 Å². The second-order valence-corrected chi connectivity index (χ2v) is 17.5. The SMILES string of the molecule is CC1(C)CCC(C)(C)c2cc3c4c(oc3cc21)[B]c1c(-c2cccc3c2[nH]c2ccccc23)cc(N(c2ccccc2)c2ccccc2)c2c3ccccc3n-4c12. The van der Waals surface area contributed by atoms with Gasteiger partial charge in [-0.3, -0.25) is 0 Å². The van der Waals surface area contributed by atoms with Crippen molar-refractivity contribution in [1.29, 1.82) is 0 Å². The molecule has 0 atom stereocenters. The number of furan rings is 1. The maximum atomic E-state index is 7.07. The lowest BCUT2D eigenvalue weighted by Crippen LogP contribution is -2.36. The van der Waals surface area contributed by atoms with E-state index in [1.54, 1.807) is 0 Å². The molecule has 0 amide bonds. The van der Waals surface area contributed by atoms with Crippen molar-refractivity contribution in [3.8, 4) is 16.8 Å². The third-order valence-electron chi connectivity index (χ3n) is 13.2. The monoisotopic (exact) mass is 734 g/mol. The lowest BCUT2D eigenvalue weighted by molar-refractivity contribution is 0.332. The zero-order valence-electron chi connectivity index (χ0n) is 32.7. The number of anilines is 3. The van der Waals surface area contributed by atoms with Gasteiger partial charge in [-0.1, -0.05) is 119 Å². The third kappa shape index (κ3) is 4.57. The number of aromatic amines is 1. The number of para-hydroxylation sites is 5. The molecule has 4 heterocycles. The first-order chi connectivity index (χ1) is 27.8. The summed E-state index contributed by atoms with van der Waals surface area (Å²) >= 11 is 0. The molecule has 0 fully saturated rings. The van der Waals surface area contributed by atoms with Crippen LogP contribution >= 0.6 is 0 Å². The largest absolute Gasteiger partial charge is 0.469 e. The van der Waals surface area contributed by atoms with Gasteiger partial charge in [-0.25, -0.2) is 0 Å². The summed E-state index contributed by atoms with van der Waals surface area (Å²) in [7, 11) is 2.34. The Hall–Kier alpha value is -6.46. The summed E-state index contributed by atoms with van der Waals surface area (Å²) in [6, 6.07) is 53.2. The molecule has 4 nitrogen and oxygen atoms in total. The lowest BCUT2D eigenvalue weighted by Gasteiger charge is -2.41. The lowest BCUT2D eigenvalue weighted by atomic mass is 9.61. The van der Waals surface area contributed by atoms with Crippen molar-refractivity contribution in [3.63, 3.8) is 0 Å². The number of rotatable bonds is 4. The smallest absolute Gasteiger partial charge is 0.247 e. The predicted octanol–water partition coefficient (Wildman–Crippen LogP) is 12.6. The Morgan fingerprint density at radius 3 is 1.98 bits per heavy atom. The summed E-state index contributed by atoms with van der Waals surface area (Å²) in [5.74, 6) is 0. The van der Waals surface area contributed by atoms with Crippen molar-refractivity contribution in [1.82, 2.24) is 9.55 Å². The van der Waals surface area contributed by atoms with Gasteiger partial charge in [0.1, 0.15) is 5.58 Å². The summed E-state index contributed by atoms with van der Waals surface area (Å²) in [5, 5.41) is 6.05. The molecule has 10 aromatic rings. The molecule has 7 aromatic carbocycles. The molecular weight excluding hydrogens is 693 g/mol. The maximum absolute atomic E-state index is 7.07. The molecule has 1 N–H and O–H groups in total. The highest BCUT2D eigenvalue weighted by Crippen LogP contribution is 2.50. The van der Waals surface area contributed by atoms with E-state index >= 15 is 0 Å². The van der Waals surface area contributed by atoms with Crippen LogP contribution in [0.1, 0.15) is 51.7 Å². The first-order valence-corrected chi connectivity index (χ1v) is 20.2. The van der Waals surface area contributed by atoms with Crippen LogP contribution < -0.4 is 16.0 Å². The van der Waals surface area contributed by atoms with E-state index in [0.29, 0.717) is 0 Å². The van der Waals surface area contributed by atoms with Gasteiger partial charge in [0.15, 0.2) is 0 Å². The van der Waals surface area contributed by atoms with Crippen molar-refractivity contribution in [3.05, 3.63) is 157 Å². The Kier molecular flexibility index (Phi) is 6.64. The second kappa shape index (κ2) is 11.5. The van der Waals surface area contributed by atoms with Crippen molar-refractivity contribution in [2.24, 2.45) is 0 Å². The van der Waals surface area contributed by atoms with Gasteiger partial charge < -0.3 is 18.9 Å². The average Bonchev–Trinajstić information content (AvgIpc) is 3.91. The molecule has 2 aliphatic rings. The summed E-state index contributed by atoms with van der Waals surface area (Å²) < 4.78 is 9.60. The van der Waals surface area contributed by atoms with Crippen molar-refractivity contribution in [2.45, 2.75) is 51.4 Å². The normalized spacial score (nSPS) is 15.3. The van der Waals surface area contributed by atoms with Gasteiger partial charge in [0.25, 0.3) is 0 Å². The molecule has 12 rings (SSSR count). The van der Waals surface area contributed by atoms with Crippen molar-refractivity contribution < 1.29 is 4.42 Å². The Labute approximate surface area is 332 Å². The molecule has 5 heteroatoms. The molecule has 1 aliphatic heterocycles. The minimum Gasteiger partial charge on any atom is -0.469 e. The molecule has 1 radical (unpaired) electrons. The van der Waals surface area contributed by atoms with E-state index in [4.69, 9.17) is 4.42 Å². The van der Waals surface area contributed by atoms with Crippen LogP contribution in [0.3, 0.4) is 0 Å². The van der Waals surface area contributed by atoms with E-state index in [9.17, 15) is 0 Å². The highest BCUT2D eigenvalue weighted by Gasteiger charge is 2.39. The van der Waals surface area contributed by atoms with E-state index in [2.05, 4.69) is 195 Å². The second-order valence-electron chi connectivity index (χ2n) is 17.5. The van der Waals surface area contributed by atoms with E-state index in [0.717, 1.165) is 74.5 Å². The molecule has 0 spiro atoms. The molecule has 0 bridgehead atoms. The van der Waals surface area contributed by atoms with Gasteiger partial charge in [-0.05, 0) is 100 Å². The Balaban J connectivity index is 1.26. The first-order valence-electron chi connectivity index (χ1n) is 20.2. The molecule has 57 heavy (non-hydrogen) atoms. The van der Waals surface area contributed by atoms with Gasteiger partial charge in [-0.2, -0.15) is 0 Å². The van der Waals surface area contributed by atoms with Crippen molar-refractivity contribution in [2.75, 3.05) is 4.90 Å². The quantitative estimate of drug-likeness (QED) is 0.183. The minimum absolute atomic E-state index is 0.0675. The van der Waals surface area contributed by atoms with Crippen LogP contribution in [0.2, 0.25) is 0 Å². The first kappa shape index (κ1) is 32.8. The Morgan fingerprint density at radius 2 is 1.25 bits per heavy atom. The summed E-state index contributed by atoms with van der Waals surface area (Å²) in [6.45, 7) is 9.61. The summed E-state index contributed by atoms with van der Waals surface area (Å²) in [6.07, 6.45) is 2.31. The summed E-state index contributed by atoms with van der Waals surface area (Å²) in [4.78, 5) is 6.28. The fraction of sp³-hybridized carbons (Fsp3) is 0.154. The van der Waals surface area contributed by atoms with Crippen LogP contribution in [-0.2, 0) is 10.8 Å². The minimum atomic E-state index is 0.0675. The molecule has 3 aromatic heterocycles. The number of hydrogen-bond acceptors (Lipinski definition) is 2.